The number of hydrogen-bond acceptors (Lipinski definition) is 3. The van der Waals surface area contributed by atoms with Gasteiger partial charge in [0, 0.05) is 0 Å². The fourth-order valence-electron chi connectivity index (χ4n) is 2.31. The topological polar surface area (TPSA) is 50.7 Å². The summed E-state index contributed by atoms with van der Waals surface area (Å²) in [4.78, 5) is 12.0. The predicted molar refractivity (Wildman–Crippen MR) is 97.6 cm³/mol. The van der Waals surface area contributed by atoms with Gasteiger partial charge in [-0.1, -0.05) is 18.2 Å². The number of rotatable bonds is 6. The highest BCUT2D eigenvalue weighted by Gasteiger charge is 2.05. The maximum Gasteiger partial charge on any atom is 0.244 e. The average molecular weight is 324 g/mol. The molecule has 24 heavy (non-hydrogen) atoms. The Kier molecular flexibility index (Phi) is 6.13. The predicted octanol–water partition coefficient (Wildman–Crippen LogP) is 3.79. The third kappa shape index (κ3) is 4.95. The summed E-state index contributed by atoms with van der Waals surface area (Å²) in [6.45, 7) is 8.56. The summed E-state index contributed by atoms with van der Waals surface area (Å²) in [6, 6.07) is 13.7. The van der Waals surface area contributed by atoms with E-state index in [1.165, 1.54) is 11.1 Å². The lowest BCUT2D eigenvalue weighted by Gasteiger charge is -2.06. The second kappa shape index (κ2) is 8.29. The molecule has 0 fully saturated rings. The zero-order valence-corrected chi connectivity index (χ0v) is 14.7. The van der Waals surface area contributed by atoms with E-state index in [2.05, 4.69) is 17.5 Å². The summed E-state index contributed by atoms with van der Waals surface area (Å²) in [7, 11) is 0. The molecule has 0 unspecified atom stereocenters. The summed E-state index contributed by atoms with van der Waals surface area (Å²) in [5.41, 5.74) is 7.73. The van der Waals surface area contributed by atoms with Gasteiger partial charge in [0.15, 0.2) is 0 Å². The molecule has 0 atom stereocenters. The second-order valence-electron chi connectivity index (χ2n) is 5.78. The van der Waals surface area contributed by atoms with Crippen molar-refractivity contribution in [3.05, 3.63) is 64.7 Å². The largest absolute Gasteiger partial charge is 0.494 e. The van der Waals surface area contributed by atoms with Crippen molar-refractivity contribution in [3.8, 4) is 5.75 Å². The first-order valence-corrected chi connectivity index (χ1v) is 8.12. The molecule has 0 aliphatic rings. The third-order valence-corrected chi connectivity index (χ3v) is 3.87. The van der Waals surface area contributed by atoms with Crippen LogP contribution in [0.2, 0.25) is 0 Å². The SMILES string of the molecule is CCOc1ccc(/C(C)=N\NC(=O)Cc2ccc(C)c(C)c2)cc1. The van der Waals surface area contributed by atoms with Crippen molar-refractivity contribution in [2.24, 2.45) is 5.10 Å². The summed E-state index contributed by atoms with van der Waals surface area (Å²) >= 11 is 0. The van der Waals surface area contributed by atoms with Crippen molar-refractivity contribution in [1.82, 2.24) is 5.43 Å². The molecule has 2 aromatic rings. The van der Waals surface area contributed by atoms with Crippen molar-refractivity contribution >= 4 is 11.6 Å². The highest BCUT2D eigenvalue weighted by Crippen LogP contribution is 2.13. The van der Waals surface area contributed by atoms with E-state index in [9.17, 15) is 4.79 Å². The molecule has 1 N–H and O–H groups in total. The highest BCUT2D eigenvalue weighted by molar-refractivity contribution is 5.99. The second-order valence-corrected chi connectivity index (χ2v) is 5.78. The van der Waals surface area contributed by atoms with Gasteiger partial charge >= 0.3 is 0 Å². The van der Waals surface area contributed by atoms with Crippen molar-refractivity contribution in [2.45, 2.75) is 34.1 Å². The molecule has 0 spiro atoms. The van der Waals surface area contributed by atoms with Gasteiger partial charge in [-0.25, -0.2) is 5.43 Å². The van der Waals surface area contributed by atoms with E-state index in [1.807, 2.05) is 63.2 Å². The zero-order chi connectivity index (χ0) is 17.5. The molecule has 0 saturated carbocycles. The van der Waals surface area contributed by atoms with E-state index in [0.717, 1.165) is 22.6 Å². The normalized spacial score (nSPS) is 11.2. The Labute approximate surface area is 143 Å². The van der Waals surface area contributed by atoms with Gasteiger partial charge in [0.05, 0.1) is 18.7 Å². The van der Waals surface area contributed by atoms with E-state index >= 15 is 0 Å². The van der Waals surface area contributed by atoms with Gasteiger partial charge in [-0.2, -0.15) is 5.10 Å². The van der Waals surface area contributed by atoms with Crippen LogP contribution in [0.5, 0.6) is 5.75 Å². The molecule has 0 bridgehead atoms. The molecule has 2 aromatic carbocycles. The molecule has 4 heteroatoms. The minimum Gasteiger partial charge on any atom is -0.494 e. The lowest BCUT2D eigenvalue weighted by atomic mass is 10.0. The van der Waals surface area contributed by atoms with Gasteiger partial charge in [0.25, 0.3) is 0 Å². The number of carbonyl (C=O) groups excluding carboxylic acids is 1. The Morgan fingerprint density at radius 2 is 1.79 bits per heavy atom. The van der Waals surface area contributed by atoms with Crippen LogP contribution < -0.4 is 10.2 Å². The van der Waals surface area contributed by atoms with E-state index < -0.39 is 0 Å². The van der Waals surface area contributed by atoms with E-state index in [1.54, 1.807) is 0 Å². The number of ether oxygens (including phenoxy) is 1. The van der Waals surface area contributed by atoms with Crippen molar-refractivity contribution in [3.63, 3.8) is 0 Å². The lowest BCUT2D eigenvalue weighted by molar-refractivity contribution is -0.120. The van der Waals surface area contributed by atoms with Crippen LogP contribution in [0.3, 0.4) is 0 Å². The first kappa shape index (κ1) is 17.7. The van der Waals surface area contributed by atoms with Crippen LogP contribution in [0.15, 0.2) is 47.6 Å². The molecule has 0 radical (unpaired) electrons. The first-order chi connectivity index (χ1) is 11.5. The van der Waals surface area contributed by atoms with Crippen molar-refractivity contribution in [1.29, 1.82) is 0 Å². The number of carbonyl (C=O) groups is 1. The quantitative estimate of drug-likeness (QED) is 0.649. The molecule has 1 amide bonds. The Bertz CT molecular complexity index is 734. The van der Waals surface area contributed by atoms with E-state index in [0.29, 0.717) is 13.0 Å². The Hall–Kier alpha value is -2.62. The Morgan fingerprint density at radius 1 is 1.08 bits per heavy atom. The van der Waals surface area contributed by atoms with Gasteiger partial charge in [-0.15, -0.1) is 0 Å². The van der Waals surface area contributed by atoms with Crippen LogP contribution in [0.1, 0.15) is 36.1 Å². The molecular weight excluding hydrogens is 300 g/mol. The van der Waals surface area contributed by atoms with Gasteiger partial charge < -0.3 is 4.74 Å². The average Bonchev–Trinajstić information content (AvgIpc) is 2.57. The maximum absolute atomic E-state index is 12.0. The summed E-state index contributed by atoms with van der Waals surface area (Å²) in [6.07, 6.45) is 0.321. The summed E-state index contributed by atoms with van der Waals surface area (Å²) in [5.74, 6) is 0.705. The number of benzene rings is 2. The maximum atomic E-state index is 12.0. The van der Waals surface area contributed by atoms with Crippen LogP contribution in [0, 0.1) is 13.8 Å². The van der Waals surface area contributed by atoms with Gasteiger partial charge in [0.1, 0.15) is 5.75 Å². The minimum absolute atomic E-state index is 0.122. The zero-order valence-electron chi connectivity index (χ0n) is 14.7. The van der Waals surface area contributed by atoms with Crippen molar-refractivity contribution in [2.75, 3.05) is 6.61 Å². The number of hydrogen-bond donors (Lipinski definition) is 1. The van der Waals surface area contributed by atoms with E-state index in [4.69, 9.17) is 4.74 Å². The van der Waals surface area contributed by atoms with Crippen LogP contribution in [-0.2, 0) is 11.2 Å². The van der Waals surface area contributed by atoms with Crippen molar-refractivity contribution < 1.29 is 9.53 Å². The first-order valence-electron chi connectivity index (χ1n) is 8.12. The van der Waals surface area contributed by atoms with Gasteiger partial charge in [-0.3, -0.25) is 4.79 Å². The van der Waals surface area contributed by atoms with E-state index in [-0.39, 0.29) is 5.91 Å². The molecule has 126 valence electrons. The number of nitrogens with one attached hydrogen (secondary N) is 1. The fraction of sp³-hybridized carbons (Fsp3) is 0.300. The molecular formula is C20H24N2O2. The van der Waals surface area contributed by atoms with Gasteiger partial charge in [0.2, 0.25) is 5.91 Å². The molecule has 4 nitrogen and oxygen atoms in total. The summed E-state index contributed by atoms with van der Waals surface area (Å²) in [5, 5.41) is 4.18. The molecule has 0 aromatic heterocycles. The lowest BCUT2D eigenvalue weighted by Crippen LogP contribution is -2.21. The number of hydrazone groups is 1. The van der Waals surface area contributed by atoms with Crippen LogP contribution in [0.4, 0.5) is 0 Å². The third-order valence-electron chi connectivity index (χ3n) is 3.87. The molecule has 0 heterocycles. The molecule has 2 rings (SSSR count). The number of amides is 1. The standard InChI is InChI=1S/C20H24N2O2/c1-5-24-19-10-8-18(9-11-19)16(4)21-22-20(23)13-17-7-6-14(2)15(3)12-17/h6-12H,5,13H2,1-4H3,(H,22,23)/b21-16-. The Morgan fingerprint density at radius 3 is 2.42 bits per heavy atom. The number of aryl methyl sites for hydroxylation is 2. The fourth-order valence-corrected chi connectivity index (χ4v) is 2.31. The highest BCUT2D eigenvalue weighted by atomic mass is 16.5. The monoisotopic (exact) mass is 324 g/mol. The molecule has 0 saturated heterocycles. The smallest absolute Gasteiger partial charge is 0.244 e. The number of nitrogens with zero attached hydrogens (tertiary/aromatic N) is 1. The Balaban J connectivity index is 1.95. The van der Waals surface area contributed by atoms with Crippen LogP contribution in [0.25, 0.3) is 0 Å². The molecule has 0 aliphatic carbocycles. The van der Waals surface area contributed by atoms with Crippen LogP contribution in [-0.4, -0.2) is 18.2 Å². The van der Waals surface area contributed by atoms with Crippen LogP contribution >= 0.6 is 0 Å². The van der Waals surface area contributed by atoms with Gasteiger partial charge in [-0.05, 0) is 74.2 Å². The summed E-state index contributed by atoms with van der Waals surface area (Å²) < 4.78 is 5.41. The minimum atomic E-state index is -0.122. The molecule has 0 aliphatic heterocycles.